The van der Waals surface area contributed by atoms with Crippen LogP contribution in [0.2, 0.25) is 0 Å². The van der Waals surface area contributed by atoms with Crippen LogP contribution < -0.4 is 0 Å². The largest absolute Gasteiger partial charge is 0.455 e. The van der Waals surface area contributed by atoms with E-state index in [1.165, 1.54) is 7.05 Å². The van der Waals surface area contributed by atoms with Gasteiger partial charge in [0.1, 0.15) is 12.4 Å². The SMILES string of the molecule is C[C@@H]1CCC[C@H](C)N1C(=O)COC(=O)CN(C)S(=O)(=O)c1ccc(F)cc1. The van der Waals surface area contributed by atoms with Gasteiger partial charge in [-0.1, -0.05) is 0 Å². The van der Waals surface area contributed by atoms with Crippen LogP contribution in [0, 0.1) is 5.82 Å². The maximum atomic E-state index is 13.0. The Kier molecular flexibility index (Phi) is 6.94. The van der Waals surface area contributed by atoms with E-state index >= 15 is 0 Å². The third-order valence-corrected chi connectivity index (χ3v) is 6.53. The fourth-order valence-electron chi connectivity index (χ4n) is 3.23. The number of piperidine rings is 1. The summed E-state index contributed by atoms with van der Waals surface area (Å²) in [5, 5.41) is 0. The predicted molar refractivity (Wildman–Crippen MR) is 96.8 cm³/mol. The molecule has 1 aromatic rings. The van der Waals surface area contributed by atoms with E-state index in [9.17, 15) is 22.4 Å². The number of hydrogen-bond donors (Lipinski definition) is 0. The second-order valence-electron chi connectivity index (χ2n) is 6.81. The number of amides is 1. The quantitative estimate of drug-likeness (QED) is 0.680. The Balaban J connectivity index is 1.91. The number of likely N-dealkylation sites (N-methyl/N-ethyl adjacent to an activating group) is 1. The Hall–Kier alpha value is -2.00. The Morgan fingerprint density at radius 1 is 1.19 bits per heavy atom. The van der Waals surface area contributed by atoms with Gasteiger partial charge in [0.05, 0.1) is 4.90 Å². The minimum absolute atomic E-state index is 0.0847. The van der Waals surface area contributed by atoms with Crippen LogP contribution in [0.25, 0.3) is 0 Å². The minimum atomic E-state index is -3.96. The molecule has 0 bridgehead atoms. The molecule has 150 valence electrons. The molecule has 0 saturated carbocycles. The number of carbonyl (C=O) groups excluding carboxylic acids is 2. The van der Waals surface area contributed by atoms with E-state index in [0.29, 0.717) is 0 Å². The van der Waals surface area contributed by atoms with Crippen LogP contribution in [-0.4, -0.2) is 61.8 Å². The van der Waals surface area contributed by atoms with Crippen molar-refractivity contribution in [3.8, 4) is 0 Å². The van der Waals surface area contributed by atoms with Gasteiger partial charge in [-0.25, -0.2) is 12.8 Å². The molecule has 0 aliphatic carbocycles. The molecule has 2 atom stereocenters. The van der Waals surface area contributed by atoms with Crippen molar-refractivity contribution in [2.24, 2.45) is 0 Å². The van der Waals surface area contributed by atoms with Gasteiger partial charge in [0.15, 0.2) is 6.61 Å². The molecule has 1 aliphatic heterocycles. The Bertz CT molecular complexity index is 771. The van der Waals surface area contributed by atoms with E-state index < -0.39 is 35.0 Å². The molecule has 1 aromatic carbocycles. The van der Waals surface area contributed by atoms with Gasteiger partial charge in [0, 0.05) is 19.1 Å². The topological polar surface area (TPSA) is 84.0 Å². The summed E-state index contributed by atoms with van der Waals surface area (Å²) in [5.74, 6) is -1.67. The summed E-state index contributed by atoms with van der Waals surface area (Å²) >= 11 is 0. The highest BCUT2D eigenvalue weighted by Gasteiger charge is 2.30. The zero-order valence-corrected chi connectivity index (χ0v) is 16.5. The summed E-state index contributed by atoms with van der Waals surface area (Å²) in [6, 6.07) is 4.46. The van der Waals surface area contributed by atoms with Crippen LogP contribution in [0.4, 0.5) is 4.39 Å². The number of nitrogens with zero attached hydrogens (tertiary/aromatic N) is 2. The van der Waals surface area contributed by atoms with Gasteiger partial charge >= 0.3 is 5.97 Å². The molecule has 1 aliphatic rings. The molecule has 0 aromatic heterocycles. The van der Waals surface area contributed by atoms with Crippen molar-refractivity contribution < 1.29 is 27.1 Å². The van der Waals surface area contributed by atoms with Crippen LogP contribution in [0.5, 0.6) is 0 Å². The Morgan fingerprint density at radius 2 is 1.74 bits per heavy atom. The smallest absolute Gasteiger partial charge is 0.321 e. The molecule has 0 N–H and O–H groups in total. The predicted octanol–water partition coefficient (Wildman–Crippen LogP) is 1.78. The molecule has 0 spiro atoms. The van der Waals surface area contributed by atoms with Gasteiger partial charge in [0.2, 0.25) is 10.0 Å². The number of esters is 1. The van der Waals surface area contributed by atoms with Gasteiger partial charge < -0.3 is 9.64 Å². The monoisotopic (exact) mass is 400 g/mol. The van der Waals surface area contributed by atoms with Crippen molar-refractivity contribution in [2.45, 2.75) is 50.1 Å². The Morgan fingerprint density at radius 3 is 2.30 bits per heavy atom. The maximum Gasteiger partial charge on any atom is 0.321 e. The normalized spacial score (nSPS) is 20.6. The molecule has 9 heteroatoms. The number of hydrogen-bond acceptors (Lipinski definition) is 5. The van der Waals surface area contributed by atoms with Crippen molar-refractivity contribution >= 4 is 21.9 Å². The summed E-state index contributed by atoms with van der Waals surface area (Å²) in [4.78, 5) is 25.9. The van der Waals surface area contributed by atoms with Crippen molar-refractivity contribution in [3.63, 3.8) is 0 Å². The molecular weight excluding hydrogens is 375 g/mol. The first kappa shape index (κ1) is 21.3. The molecule has 7 nitrogen and oxygen atoms in total. The van der Waals surface area contributed by atoms with Crippen LogP contribution in [0.15, 0.2) is 29.2 Å². The summed E-state index contributed by atoms with van der Waals surface area (Å²) in [6.07, 6.45) is 2.86. The summed E-state index contributed by atoms with van der Waals surface area (Å²) in [6.45, 7) is 2.95. The van der Waals surface area contributed by atoms with Gasteiger partial charge in [-0.05, 0) is 57.4 Å². The van der Waals surface area contributed by atoms with E-state index in [-0.39, 0.29) is 22.9 Å². The van der Waals surface area contributed by atoms with Crippen molar-refractivity contribution in [3.05, 3.63) is 30.1 Å². The maximum absolute atomic E-state index is 13.0. The van der Waals surface area contributed by atoms with Crippen LogP contribution >= 0.6 is 0 Å². The number of benzene rings is 1. The summed E-state index contributed by atoms with van der Waals surface area (Å²) in [5.41, 5.74) is 0. The first-order valence-electron chi connectivity index (χ1n) is 8.81. The lowest BCUT2D eigenvalue weighted by Gasteiger charge is -2.38. The first-order valence-corrected chi connectivity index (χ1v) is 10.3. The number of carbonyl (C=O) groups is 2. The first-order chi connectivity index (χ1) is 12.6. The third kappa shape index (κ3) is 5.26. The number of ether oxygens (including phenoxy) is 1. The highest BCUT2D eigenvalue weighted by Crippen LogP contribution is 2.22. The second-order valence-corrected chi connectivity index (χ2v) is 8.85. The molecule has 1 saturated heterocycles. The zero-order valence-electron chi connectivity index (χ0n) is 15.7. The van der Waals surface area contributed by atoms with Gasteiger partial charge in [-0.2, -0.15) is 4.31 Å². The van der Waals surface area contributed by atoms with Crippen molar-refractivity contribution in [2.75, 3.05) is 20.2 Å². The van der Waals surface area contributed by atoms with Gasteiger partial charge in [-0.15, -0.1) is 0 Å². The third-order valence-electron chi connectivity index (χ3n) is 4.71. The molecule has 0 radical (unpaired) electrons. The van der Waals surface area contributed by atoms with Crippen LogP contribution in [0.3, 0.4) is 0 Å². The van der Waals surface area contributed by atoms with Crippen LogP contribution in [-0.2, 0) is 24.3 Å². The highest BCUT2D eigenvalue weighted by atomic mass is 32.2. The molecule has 1 amide bonds. The standard InChI is InChI=1S/C18H25FN2O5S/c1-13-5-4-6-14(2)21(13)17(22)12-26-18(23)11-20(3)27(24,25)16-9-7-15(19)8-10-16/h7-10,13-14H,4-6,11-12H2,1-3H3/t13-,14+. The Labute approximate surface area is 159 Å². The fourth-order valence-corrected chi connectivity index (χ4v) is 4.34. The van der Waals surface area contributed by atoms with E-state index in [2.05, 4.69) is 0 Å². The molecule has 27 heavy (non-hydrogen) atoms. The number of sulfonamides is 1. The van der Waals surface area contributed by atoms with E-state index in [1.807, 2.05) is 13.8 Å². The number of likely N-dealkylation sites (tertiary alicyclic amines) is 1. The second kappa shape index (κ2) is 8.79. The fraction of sp³-hybridized carbons (Fsp3) is 0.556. The lowest BCUT2D eigenvalue weighted by Crippen LogP contribution is -2.49. The average molecular weight is 400 g/mol. The van der Waals surface area contributed by atoms with Crippen molar-refractivity contribution in [1.82, 2.24) is 9.21 Å². The van der Waals surface area contributed by atoms with Gasteiger partial charge in [-0.3, -0.25) is 9.59 Å². The van der Waals surface area contributed by atoms with E-state index in [0.717, 1.165) is 47.8 Å². The number of halogens is 1. The molecule has 2 rings (SSSR count). The molecular formula is C18H25FN2O5S. The lowest BCUT2D eigenvalue weighted by molar-refractivity contribution is -0.154. The van der Waals surface area contributed by atoms with Crippen LogP contribution in [0.1, 0.15) is 33.1 Å². The zero-order chi connectivity index (χ0) is 20.2. The van der Waals surface area contributed by atoms with E-state index in [4.69, 9.17) is 4.74 Å². The van der Waals surface area contributed by atoms with Gasteiger partial charge in [0.25, 0.3) is 5.91 Å². The van der Waals surface area contributed by atoms with Crippen molar-refractivity contribution in [1.29, 1.82) is 0 Å². The summed E-state index contributed by atoms with van der Waals surface area (Å²) in [7, 11) is -2.74. The number of rotatable bonds is 6. The average Bonchev–Trinajstić information content (AvgIpc) is 2.60. The lowest BCUT2D eigenvalue weighted by atomic mass is 9.97. The molecule has 0 unspecified atom stereocenters. The summed E-state index contributed by atoms with van der Waals surface area (Å²) < 4.78 is 43.5. The minimum Gasteiger partial charge on any atom is -0.455 e. The highest BCUT2D eigenvalue weighted by molar-refractivity contribution is 7.89. The van der Waals surface area contributed by atoms with E-state index in [1.54, 1.807) is 4.90 Å². The molecule has 1 heterocycles. The molecule has 1 fully saturated rings.